The summed E-state index contributed by atoms with van der Waals surface area (Å²) in [7, 11) is 0. The molecule has 2 N–H and O–H groups in total. The molecule has 118 valence electrons. The zero-order valence-electron chi connectivity index (χ0n) is 13.1. The fourth-order valence-corrected chi connectivity index (χ4v) is 2.72. The number of benzene rings is 1. The lowest BCUT2D eigenvalue weighted by Crippen LogP contribution is -2.40. The van der Waals surface area contributed by atoms with Gasteiger partial charge in [0.15, 0.2) is 0 Å². The van der Waals surface area contributed by atoms with E-state index in [1.807, 2.05) is 24.3 Å². The molecule has 1 aliphatic heterocycles. The van der Waals surface area contributed by atoms with E-state index in [-0.39, 0.29) is 0 Å². The molecule has 1 fully saturated rings. The van der Waals surface area contributed by atoms with E-state index in [4.69, 9.17) is 15.2 Å². The first-order valence-electron chi connectivity index (χ1n) is 8.11. The van der Waals surface area contributed by atoms with Crippen LogP contribution in [0.25, 0.3) is 0 Å². The molecular formula is C17H28N2O2. The van der Waals surface area contributed by atoms with Crippen LogP contribution in [0.15, 0.2) is 24.3 Å². The lowest BCUT2D eigenvalue weighted by molar-refractivity contribution is -0.000960. The zero-order chi connectivity index (χ0) is 14.9. The van der Waals surface area contributed by atoms with Crippen LogP contribution in [-0.4, -0.2) is 43.9 Å². The SMILES string of the molecule is CCCOC1CCCN(CCCOc2ccccc2N)C1. The van der Waals surface area contributed by atoms with Crippen LogP contribution >= 0.6 is 0 Å². The lowest BCUT2D eigenvalue weighted by atomic mass is 10.1. The highest BCUT2D eigenvalue weighted by atomic mass is 16.5. The van der Waals surface area contributed by atoms with Crippen molar-refractivity contribution in [2.75, 3.05) is 38.6 Å². The van der Waals surface area contributed by atoms with Gasteiger partial charge in [-0.3, -0.25) is 0 Å². The molecule has 1 aromatic carbocycles. The second-order valence-electron chi connectivity index (χ2n) is 5.68. The summed E-state index contributed by atoms with van der Waals surface area (Å²) < 4.78 is 11.6. The second-order valence-corrected chi connectivity index (χ2v) is 5.68. The van der Waals surface area contributed by atoms with Crippen LogP contribution in [0.1, 0.15) is 32.6 Å². The molecule has 4 nitrogen and oxygen atoms in total. The van der Waals surface area contributed by atoms with Crippen LogP contribution in [-0.2, 0) is 4.74 Å². The van der Waals surface area contributed by atoms with Crippen LogP contribution in [0.2, 0.25) is 0 Å². The maximum atomic E-state index is 5.86. The van der Waals surface area contributed by atoms with E-state index >= 15 is 0 Å². The number of rotatable bonds is 8. The molecule has 1 saturated heterocycles. The Bertz CT molecular complexity index is 412. The van der Waals surface area contributed by atoms with E-state index in [0.717, 1.165) is 38.3 Å². The van der Waals surface area contributed by atoms with Gasteiger partial charge in [0.25, 0.3) is 0 Å². The van der Waals surface area contributed by atoms with E-state index in [0.29, 0.717) is 18.4 Å². The van der Waals surface area contributed by atoms with E-state index in [9.17, 15) is 0 Å². The van der Waals surface area contributed by atoms with Crippen molar-refractivity contribution in [3.63, 3.8) is 0 Å². The van der Waals surface area contributed by atoms with Crippen LogP contribution in [0, 0.1) is 0 Å². The summed E-state index contributed by atoms with van der Waals surface area (Å²) in [4.78, 5) is 2.49. The topological polar surface area (TPSA) is 47.7 Å². The number of nitrogen functional groups attached to an aromatic ring is 1. The largest absolute Gasteiger partial charge is 0.491 e. The Kier molecular flexibility index (Phi) is 6.83. The lowest BCUT2D eigenvalue weighted by Gasteiger charge is -2.32. The molecule has 21 heavy (non-hydrogen) atoms. The first kappa shape index (κ1) is 16.1. The van der Waals surface area contributed by atoms with Crippen molar-refractivity contribution >= 4 is 5.69 Å². The summed E-state index contributed by atoms with van der Waals surface area (Å²) in [5.41, 5.74) is 6.57. The Morgan fingerprint density at radius 2 is 2.14 bits per heavy atom. The quantitative estimate of drug-likeness (QED) is 0.591. The van der Waals surface area contributed by atoms with Gasteiger partial charge in [-0.1, -0.05) is 19.1 Å². The van der Waals surface area contributed by atoms with E-state index in [2.05, 4.69) is 11.8 Å². The highest BCUT2D eigenvalue weighted by Crippen LogP contribution is 2.20. The number of nitrogens with two attached hydrogens (primary N) is 1. The number of likely N-dealkylation sites (tertiary alicyclic amines) is 1. The van der Waals surface area contributed by atoms with E-state index in [1.54, 1.807) is 0 Å². The Hall–Kier alpha value is -1.26. The molecule has 2 rings (SSSR count). The van der Waals surface area contributed by atoms with Gasteiger partial charge in [0.05, 0.1) is 18.4 Å². The van der Waals surface area contributed by atoms with Crippen LogP contribution in [0.3, 0.4) is 0 Å². The third-order valence-corrected chi connectivity index (χ3v) is 3.82. The van der Waals surface area contributed by atoms with Gasteiger partial charge >= 0.3 is 0 Å². The minimum absolute atomic E-state index is 0.421. The number of hydrogen-bond acceptors (Lipinski definition) is 4. The predicted octanol–water partition coefficient (Wildman–Crippen LogP) is 2.93. The molecule has 4 heteroatoms. The normalized spacial score (nSPS) is 19.6. The molecule has 1 atom stereocenters. The fourth-order valence-electron chi connectivity index (χ4n) is 2.72. The first-order valence-corrected chi connectivity index (χ1v) is 8.11. The summed E-state index contributed by atoms with van der Waals surface area (Å²) in [6, 6.07) is 7.67. The molecule has 0 radical (unpaired) electrons. The van der Waals surface area contributed by atoms with Crippen molar-refractivity contribution in [1.29, 1.82) is 0 Å². The van der Waals surface area contributed by atoms with Crippen LogP contribution in [0.4, 0.5) is 5.69 Å². The molecule has 1 aliphatic rings. The molecule has 1 unspecified atom stereocenters. The highest BCUT2D eigenvalue weighted by Gasteiger charge is 2.19. The van der Waals surface area contributed by atoms with Gasteiger partial charge in [0.1, 0.15) is 5.75 Å². The maximum absolute atomic E-state index is 5.86. The second kappa shape index (κ2) is 8.90. The number of para-hydroxylation sites is 2. The third kappa shape index (κ3) is 5.56. The van der Waals surface area contributed by atoms with Crippen molar-refractivity contribution in [1.82, 2.24) is 4.90 Å². The third-order valence-electron chi connectivity index (χ3n) is 3.82. The smallest absolute Gasteiger partial charge is 0.142 e. The molecule has 0 aromatic heterocycles. The van der Waals surface area contributed by atoms with Crippen molar-refractivity contribution in [2.24, 2.45) is 0 Å². The Labute approximate surface area is 128 Å². The summed E-state index contributed by atoms with van der Waals surface area (Å²) in [6.07, 6.45) is 4.98. The fraction of sp³-hybridized carbons (Fsp3) is 0.647. The number of nitrogens with zero attached hydrogens (tertiary/aromatic N) is 1. The predicted molar refractivity (Wildman–Crippen MR) is 86.7 cm³/mol. The number of piperidine rings is 1. The van der Waals surface area contributed by atoms with Gasteiger partial charge in [-0.15, -0.1) is 0 Å². The van der Waals surface area contributed by atoms with Gasteiger partial charge in [0, 0.05) is 19.7 Å². The molecule has 1 aromatic rings. The van der Waals surface area contributed by atoms with E-state index < -0.39 is 0 Å². The van der Waals surface area contributed by atoms with Crippen LogP contribution in [0.5, 0.6) is 5.75 Å². The Morgan fingerprint density at radius 1 is 1.29 bits per heavy atom. The molecule has 0 saturated carbocycles. The Morgan fingerprint density at radius 3 is 2.95 bits per heavy atom. The minimum atomic E-state index is 0.421. The van der Waals surface area contributed by atoms with Gasteiger partial charge in [-0.2, -0.15) is 0 Å². The van der Waals surface area contributed by atoms with Crippen LogP contribution < -0.4 is 10.5 Å². The maximum Gasteiger partial charge on any atom is 0.142 e. The molecule has 0 bridgehead atoms. The molecule has 0 spiro atoms. The zero-order valence-corrected chi connectivity index (χ0v) is 13.1. The first-order chi connectivity index (χ1) is 10.3. The molecule has 0 aliphatic carbocycles. The average molecular weight is 292 g/mol. The Balaban J connectivity index is 1.63. The van der Waals surface area contributed by atoms with Gasteiger partial charge in [-0.05, 0) is 44.4 Å². The summed E-state index contributed by atoms with van der Waals surface area (Å²) >= 11 is 0. The van der Waals surface area contributed by atoms with Crippen molar-refractivity contribution in [2.45, 2.75) is 38.7 Å². The monoisotopic (exact) mass is 292 g/mol. The standard InChI is InChI=1S/C17H28N2O2/c1-2-12-20-15-7-5-10-19(14-15)11-6-13-21-17-9-4-3-8-16(17)18/h3-4,8-9,15H,2,5-7,10-14,18H2,1H3. The van der Waals surface area contributed by atoms with Gasteiger partial charge in [0.2, 0.25) is 0 Å². The number of hydrogen-bond donors (Lipinski definition) is 1. The van der Waals surface area contributed by atoms with Crippen molar-refractivity contribution in [3.05, 3.63) is 24.3 Å². The van der Waals surface area contributed by atoms with E-state index in [1.165, 1.54) is 19.4 Å². The summed E-state index contributed by atoms with van der Waals surface area (Å²) in [5.74, 6) is 0.792. The number of ether oxygens (including phenoxy) is 2. The minimum Gasteiger partial charge on any atom is -0.491 e. The van der Waals surface area contributed by atoms with Crippen molar-refractivity contribution < 1.29 is 9.47 Å². The highest BCUT2D eigenvalue weighted by molar-refractivity contribution is 5.51. The number of anilines is 1. The van der Waals surface area contributed by atoms with Gasteiger partial charge < -0.3 is 20.1 Å². The van der Waals surface area contributed by atoms with Crippen molar-refractivity contribution in [3.8, 4) is 5.75 Å². The average Bonchev–Trinajstić information content (AvgIpc) is 2.51. The molecule has 0 amide bonds. The van der Waals surface area contributed by atoms with Gasteiger partial charge in [-0.25, -0.2) is 0 Å². The molecule has 1 heterocycles. The summed E-state index contributed by atoms with van der Waals surface area (Å²) in [6.45, 7) is 7.07. The molecular weight excluding hydrogens is 264 g/mol. The summed E-state index contributed by atoms with van der Waals surface area (Å²) in [5, 5.41) is 0.